The molecule has 1 N–H and O–H groups in total. The second-order valence-electron chi connectivity index (χ2n) is 4.90. The molecule has 5 heteroatoms. The topological polar surface area (TPSA) is 72.2 Å². The van der Waals surface area contributed by atoms with Gasteiger partial charge in [-0.1, -0.05) is 12.1 Å². The maximum absolute atomic E-state index is 12.1. The minimum atomic E-state index is -1.07. The molecule has 0 unspecified atom stereocenters. The van der Waals surface area contributed by atoms with Gasteiger partial charge >= 0.3 is 5.97 Å². The number of carboxylic acids is 1. The van der Waals surface area contributed by atoms with Crippen LogP contribution < -0.4 is 5.56 Å². The Balaban J connectivity index is 2.07. The van der Waals surface area contributed by atoms with Crippen molar-refractivity contribution in [1.82, 2.24) is 9.55 Å². The van der Waals surface area contributed by atoms with Gasteiger partial charge in [0.05, 0.1) is 6.54 Å². The van der Waals surface area contributed by atoms with Crippen LogP contribution in [-0.2, 0) is 19.4 Å². The Morgan fingerprint density at radius 1 is 1.30 bits per heavy atom. The number of pyridine rings is 2. The van der Waals surface area contributed by atoms with Gasteiger partial charge in [0, 0.05) is 23.5 Å². The fourth-order valence-corrected chi connectivity index (χ4v) is 2.74. The van der Waals surface area contributed by atoms with Crippen molar-refractivity contribution >= 4 is 5.97 Å². The van der Waals surface area contributed by atoms with Crippen molar-refractivity contribution in [2.24, 2.45) is 0 Å². The van der Waals surface area contributed by atoms with Gasteiger partial charge in [0.15, 0.2) is 5.69 Å². The zero-order valence-electron chi connectivity index (χ0n) is 10.9. The number of nitrogens with zero attached hydrogens (tertiary/aromatic N) is 2. The summed E-state index contributed by atoms with van der Waals surface area (Å²) in [7, 11) is 0. The number of hydrogen-bond acceptors (Lipinski definition) is 3. The Labute approximate surface area is 115 Å². The first-order valence-corrected chi connectivity index (χ1v) is 6.55. The standard InChI is InChI=1S/C15H14N2O3/c18-13-7-6-10-3-1-5-12(10)17(13)9-11-4-2-8-16-14(11)15(19)20/h2,4,6-8H,1,3,5,9H2,(H,19,20). The zero-order chi connectivity index (χ0) is 14.1. The minimum Gasteiger partial charge on any atom is -0.477 e. The molecule has 0 aromatic carbocycles. The van der Waals surface area contributed by atoms with Crippen LogP contribution in [0.1, 0.15) is 33.7 Å². The molecule has 0 amide bonds. The van der Waals surface area contributed by atoms with Crippen LogP contribution in [-0.4, -0.2) is 20.6 Å². The zero-order valence-corrected chi connectivity index (χ0v) is 10.9. The van der Waals surface area contributed by atoms with E-state index in [0.717, 1.165) is 25.0 Å². The van der Waals surface area contributed by atoms with Gasteiger partial charge < -0.3 is 9.67 Å². The van der Waals surface area contributed by atoms with E-state index in [1.54, 1.807) is 22.8 Å². The number of fused-ring (bicyclic) bond motifs is 1. The Hall–Kier alpha value is -2.43. The number of hydrogen-bond donors (Lipinski definition) is 1. The Bertz CT molecular complexity index is 734. The minimum absolute atomic E-state index is 0.00926. The first kappa shape index (κ1) is 12.6. The highest BCUT2D eigenvalue weighted by atomic mass is 16.4. The summed E-state index contributed by atoms with van der Waals surface area (Å²) in [6, 6.07) is 6.83. The number of aryl methyl sites for hydroxylation is 1. The van der Waals surface area contributed by atoms with E-state index in [2.05, 4.69) is 4.98 Å². The second-order valence-corrected chi connectivity index (χ2v) is 4.90. The van der Waals surface area contributed by atoms with E-state index < -0.39 is 5.97 Å². The summed E-state index contributed by atoms with van der Waals surface area (Å²) >= 11 is 0. The van der Waals surface area contributed by atoms with Crippen LogP contribution in [0.4, 0.5) is 0 Å². The van der Waals surface area contributed by atoms with Crippen molar-refractivity contribution in [2.75, 3.05) is 0 Å². The van der Waals surface area contributed by atoms with E-state index in [1.165, 1.54) is 11.8 Å². The maximum Gasteiger partial charge on any atom is 0.354 e. The van der Waals surface area contributed by atoms with Crippen molar-refractivity contribution in [2.45, 2.75) is 25.8 Å². The molecule has 0 atom stereocenters. The van der Waals surface area contributed by atoms with Crippen molar-refractivity contribution in [3.05, 3.63) is 63.3 Å². The molecule has 2 aromatic heterocycles. The van der Waals surface area contributed by atoms with Gasteiger partial charge in [-0.2, -0.15) is 0 Å². The predicted molar refractivity (Wildman–Crippen MR) is 73.0 cm³/mol. The fourth-order valence-electron chi connectivity index (χ4n) is 2.74. The highest BCUT2D eigenvalue weighted by molar-refractivity contribution is 5.86. The number of carboxylic acid groups (broad SMARTS) is 1. The van der Waals surface area contributed by atoms with Crippen LogP contribution >= 0.6 is 0 Å². The molecule has 0 saturated heterocycles. The van der Waals surface area contributed by atoms with Crippen LogP contribution in [0.3, 0.4) is 0 Å². The van der Waals surface area contributed by atoms with Gasteiger partial charge in [-0.25, -0.2) is 9.78 Å². The van der Waals surface area contributed by atoms with Crippen LogP contribution in [0, 0.1) is 0 Å². The monoisotopic (exact) mass is 270 g/mol. The summed E-state index contributed by atoms with van der Waals surface area (Å²) in [4.78, 5) is 27.1. The summed E-state index contributed by atoms with van der Waals surface area (Å²) < 4.78 is 1.67. The molecule has 0 saturated carbocycles. The Morgan fingerprint density at radius 3 is 2.95 bits per heavy atom. The van der Waals surface area contributed by atoms with Gasteiger partial charge in [0.1, 0.15) is 0 Å². The number of aromatic nitrogens is 2. The lowest BCUT2D eigenvalue weighted by Gasteiger charge is -2.13. The van der Waals surface area contributed by atoms with Crippen LogP contribution in [0.2, 0.25) is 0 Å². The van der Waals surface area contributed by atoms with Crippen molar-refractivity contribution < 1.29 is 9.90 Å². The average Bonchev–Trinajstić information content (AvgIpc) is 2.91. The lowest BCUT2D eigenvalue weighted by molar-refractivity contribution is 0.0689. The molecule has 102 valence electrons. The van der Waals surface area contributed by atoms with Gasteiger partial charge in [-0.3, -0.25) is 4.79 Å². The van der Waals surface area contributed by atoms with E-state index in [0.29, 0.717) is 5.56 Å². The molecular formula is C15H14N2O3. The molecule has 1 aliphatic rings. The van der Waals surface area contributed by atoms with E-state index >= 15 is 0 Å². The molecule has 2 aromatic rings. The molecule has 20 heavy (non-hydrogen) atoms. The van der Waals surface area contributed by atoms with Gasteiger partial charge in [-0.15, -0.1) is 0 Å². The molecule has 3 rings (SSSR count). The fraction of sp³-hybridized carbons (Fsp3) is 0.267. The second kappa shape index (κ2) is 4.92. The van der Waals surface area contributed by atoms with Crippen molar-refractivity contribution in [3.63, 3.8) is 0 Å². The first-order valence-electron chi connectivity index (χ1n) is 6.55. The highest BCUT2D eigenvalue weighted by Gasteiger charge is 2.18. The molecule has 0 bridgehead atoms. The normalized spacial score (nSPS) is 13.2. The first-order chi connectivity index (χ1) is 9.66. The molecule has 2 heterocycles. The largest absolute Gasteiger partial charge is 0.477 e. The predicted octanol–water partition coefficient (Wildman–Crippen LogP) is 1.48. The highest BCUT2D eigenvalue weighted by Crippen LogP contribution is 2.21. The van der Waals surface area contributed by atoms with Crippen LogP contribution in [0.25, 0.3) is 0 Å². The van der Waals surface area contributed by atoms with Crippen molar-refractivity contribution in [1.29, 1.82) is 0 Å². The lowest BCUT2D eigenvalue weighted by atomic mass is 10.1. The van der Waals surface area contributed by atoms with Gasteiger partial charge in [-0.05, 0) is 30.9 Å². The molecule has 1 aliphatic carbocycles. The Kier molecular flexibility index (Phi) is 3.10. The Morgan fingerprint density at radius 2 is 2.15 bits per heavy atom. The van der Waals surface area contributed by atoms with Crippen molar-refractivity contribution in [3.8, 4) is 0 Å². The van der Waals surface area contributed by atoms with Gasteiger partial charge in [0.25, 0.3) is 5.56 Å². The summed E-state index contributed by atoms with van der Waals surface area (Å²) in [5, 5.41) is 9.16. The summed E-state index contributed by atoms with van der Waals surface area (Å²) in [5.41, 5.74) is 2.69. The summed E-state index contributed by atoms with van der Waals surface area (Å²) in [6.07, 6.45) is 4.34. The summed E-state index contributed by atoms with van der Waals surface area (Å²) in [5.74, 6) is -1.07. The smallest absolute Gasteiger partial charge is 0.354 e. The summed E-state index contributed by atoms with van der Waals surface area (Å²) in [6.45, 7) is 0.261. The molecule has 0 fully saturated rings. The molecule has 0 spiro atoms. The lowest BCUT2D eigenvalue weighted by Crippen LogP contribution is -2.24. The third-order valence-corrected chi connectivity index (χ3v) is 3.67. The van der Waals surface area contributed by atoms with E-state index in [-0.39, 0.29) is 17.8 Å². The molecular weight excluding hydrogens is 256 g/mol. The number of carbonyl (C=O) groups is 1. The maximum atomic E-state index is 12.1. The molecule has 0 aliphatic heterocycles. The van der Waals surface area contributed by atoms with E-state index in [9.17, 15) is 9.59 Å². The number of aromatic carboxylic acids is 1. The third-order valence-electron chi connectivity index (χ3n) is 3.67. The van der Waals surface area contributed by atoms with Crippen LogP contribution in [0.5, 0.6) is 0 Å². The third kappa shape index (κ3) is 2.11. The average molecular weight is 270 g/mol. The van der Waals surface area contributed by atoms with E-state index in [1.807, 2.05) is 6.07 Å². The van der Waals surface area contributed by atoms with Crippen LogP contribution in [0.15, 0.2) is 35.3 Å². The SMILES string of the molecule is O=C(O)c1ncccc1Cn1c2c(ccc1=O)CCC2. The van der Waals surface area contributed by atoms with E-state index in [4.69, 9.17) is 5.11 Å². The quantitative estimate of drug-likeness (QED) is 0.917. The molecule has 0 radical (unpaired) electrons. The van der Waals surface area contributed by atoms with Gasteiger partial charge in [0.2, 0.25) is 0 Å². The number of rotatable bonds is 3. The molecule has 5 nitrogen and oxygen atoms in total.